The summed E-state index contributed by atoms with van der Waals surface area (Å²) in [5.41, 5.74) is 1.02. The molecule has 0 aliphatic carbocycles. The Morgan fingerprint density at radius 1 is 1.09 bits per heavy atom. The molecule has 22 heavy (non-hydrogen) atoms. The van der Waals surface area contributed by atoms with Gasteiger partial charge in [-0.2, -0.15) is 0 Å². The molecule has 114 valence electrons. The third-order valence-corrected chi connectivity index (χ3v) is 3.68. The molecular formula is C18H17FO3. The Morgan fingerprint density at radius 2 is 1.73 bits per heavy atom. The van der Waals surface area contributed by atoms with Crippen LogP contribution in [-0.4, -0.2) is 25.1 Å². The Morgan fingerprint density at radius 3 is 2.32 bits per heavy atom. The van der Waals surface area contributed by atoms with Gasteiger partial charge in [-0.25, -0.2) is 4.39 Å². The zero-order valence-corrected chi connectivity index (χ0v) is 12.1. The second-order valence-corrected chi connectivity index (χ2v) is 5.31. The highest BCUT2D eigenvalue weighted by Crippen LogP contribution is 2.18. The van der Waals surface area contributed by atoms with Crippen molar-refractivity contribution in [2.75, 3.05) is 13.2 Å². The fourth-order valence-electron chi connectivity index (χ4n) is 2.44. The summed E-state index contributed by atoms with van der Waals surface area (Å²) in [6.07, 6.45) is 2.28. The van der Waals surface area contributed by atoms with Crippen LogP contribution in [0.5, 0.6) is 5.75 Å². The quantitative estimate of drug-likeness (QED) is 0.791. The highest BCUT2D eigenvalue weighted by Gasteiger charge is 2.16. The number of carbonyl (C=O) groups is 1. The van der Waals surface area contributed by atoms with Crippen LogP contribution in [0.1, 0.15) is 28.8 Å². The lowest BCUT2D eigenvalue weighted by Crippen LogP contribution is -2.16. The first kappa shape index (κ1) is 14.7. The van der Waals surface area contributed by atoms with Crippen molar-refractivity contribution in [3.63, 3.8) is 0 Å². The van der Waals surface area contributed by atoms with Gasteiger partial charge >= 0.3 is 0 Å². The lowest BCUT2D eigenvalue weighted by Gasteiger charge is -2.11. The molecular weight excluding hydrogens is 283 g/mol. The third-order valence-electron chi connectivity index (χ3n) is 3.68. The predicted molar refractivity (Wildman–Crippen MR) is 80.7 cm³/mol. The van der Waals surface area contributed by atoms with Crippen molar-refractivity contribution in [1.82, 2.24) is 0 Å². The van der Waals surface area contributed by atoms with Crippen LogP contribution in [0.3, 0.4) is 0 Å². The number of carbonyl (C=O) groups excluding carboxylic acids is 1. The van der Waals surface area contributed by atoms with Crippen LogP contribution < -0.4 is 4.74 Å². The van der Waals surface area contributed by atoms with Gasteiger partial charge in [0.2, 0.25) is 0 Å². The minimum absolute atomic E-state index is 0.134. The fourth-order valence-corrected chi connectivity index (χ4v) is 2.44. The minimum Gasteiger partial charge on any atom is -0.491 e. The number of hydrogen-bond acceptors (Lipinski definition) is 3. The van der Waals surface area contributed by atoms with E-state index in [1.54, 1.807) is 24.3 Å². The maximum atomic E-state index is 12.9. The first-order valence-electron chi connectivity index (χ1n) is 7.37. The number of ether oxygens (including phenoxy) is 2. The van der Waals surface area contributed by atoms with Gasteiger partial charge < -0.3 is 9.47 Å². The Kier molecular flexibility index (Phi) is 4.49. The predicted octanol–water partition coefficient (Wildman–Crippen LogP) is 3.61. The number of hydrogen-bond donors (Lipinski definition) is 0. The number of rotatable bonds is 5. The molecule has 2 aromatic carbocycles. The number of benzene rings is 2. The molecule has 1 atom stereocenters. The van der Waals surface area contributed by atoms with Gasteiger partial charge in [0.05, 0.1) is 6.10 Å². The monoisotopic (exact) mass is 300 g/mol. The van der Waals surface area contributed by atoms with E-state index in [9.17, 15) is 9.18 Å². The topological polar surface area (TPSA) is 35.5 Å². The van der Waals surface area contributed by atoms with E-state index in [4.69, 9.17) is 9.47 Å². The number of halogens is 1. The van der Waals surface area contributed by atoms with Gasteiger partial charge in [-0.05, 0) is 61.4 Å². The lowest BCUT2D eigenvalue weighted by molar-refractivity contribution is 0.0679. The number of ketones is 1. The standard InChI is InChI=1S/C18H17FO3/c19-15-7-3-13(4-8-15)18(20)14-5-9-16(10-6-14)22-12-17-2-1-11-21-17/h3-10,17H,1-2,11-12H2. The lowest BCUT2D eigenvalue weighted by atomic mass is 10.0. The van der Waals surface area contributed by atoms with Crippen LogP contribution in [0.2, 0.25) is 0 Å². The van der Waals surface area contributed by atoms with Crippen molar-refractivity contribution < 1.29 is 18.7 Å². The third kappa shape index (κ3) is 3.52. The molecule has 0 saturated carbocycles. The first-order chi connectivity index (χ1) is 10.7. The molecule has 1 aliphatic rings. The zero-order chi connectivity index (χ0) is 15.4. The SMILES string of the molecule is O=C(c1ccc(F)cc1)c1ccc(OCC2CCCO2)cc1. The summed E-state index contributed by atoms with van der Waals surface area (Å²) >= 11 is 0. The van der Waals surface area contributed by atoms with Crippen molar-refractivity contribution in [2.45, 2.75) is 18.9 Å². The highest BCUT2D eigenvalue weighted by atomic mass is 19.1. The molecule has 1 aliphatic heterocycles. The molecule has 2 aromatic rings. The molecule has 0 amide bonds. The molecule has 3 rings (SSSR count). The molecule has 0 N–H and O–H groups in total. The van der Waals surface area contributed by atoms with Crippen molar-refractivity contribution in [2.24, 2.45) is 0 Å². The maximum absolute atomic E-state index is 12.9. The van der Waals surface area contributed by atoms with Crippen LogP contribution in [0, 0.1) is 5.82 Å². The second-order valence-electron chi connectivity index (χ2n) is 5.31. The van der Waals surface area contributed by atoms with E-state index >= 15 is 0 Å². The van der Waals surface area contributed by atoms with E-state index in [1.165, 1.54) is 24.3 Å². The normalized spacial score (nSPS) is 17.4. The fraction of sp³-hybridized carbons (Fsp3) is 0.278. The van der Waals surface area contributed by atoms with E-state index in [-0.39, 0.29) is 17.7 Å². The Labute approximate surface area is 128 Å². The summed E-state index contributed by atoms with van der Waals surface area (Å²) in [6, 6.07) is 12.5. The second kappa shape index (κ2) is 6.71. The van der Waals surface area contributed by atoms with Crippen LogP contribution in [-0.2, 0) is 4.74 Å². The van der Waals surface area contributed by atoms with Gasteiger partial charge in [-0.3, -0.25) is 4.79 Å². The molecule has 1 fully saturated rings. The van der Waals surface area contributed by atoms with Gasteiger partial charge in [0.1, 0.15) is 18.2 Å². The summed E-state index contributed by atoms with van der Waals surface area (Å²) in [7, 11) is 0. The van der Waals surface area contributed by atoms with Gasteiger partial charge in [0.25, 0.3) is 0 Å². The van der Waals surface area contributed by atoms with E-state index in [0.29, 0.717) is 23.5 Å². The van der Waals surface area contributed by atoms with Crippen molar-refractivity contribution in [3.8, 4) is 5.75 Å². The van der Waals surface area contributed by atoms with Gasteiger partial charge in [0, 0.05) is 17.7 Å². The van der Waals surface area contributed by atoms with Crippen LogP contribution in [0.25, 0.3) is 0 Å². The average molecular weight is 300 g/mol. The van der Waals surface area contributed by atoms with Gasteiger partial charge in [-0.15, -0.1) is 0 Å². The zero-order valence-electron chi connectivity index (χ0n) is 12.1. The molecule has 1 heterocycles. The Balaban J connectivity index is 1.62. The molecule has 0 aromatic heterocycles. The molecule has 1 unspecified atom stereocenters. The van der Waals surface area contributed by atoms with Crippen molar-refractivity contribution in [1.29, 1.82) is 0 Å². The molecule has 0 spiro atoms. The Bertz CT molecular complexity index is 628. The summed E-state index contributed by atoms with van der Waals surface area (Å²) in [4.78, 5) is 12.3. The van der Waals surface area contributed by atoms with Crippen LogP contribution in [0.4, 0.5) is 4.39 Å². The first-order valence-corrected chi connectivity index (χ1v) is 7.37. The Hall–Kier alpha value is -2.20. The van der Waals surface area contributed by atoms with Crippen LogP contribution in [0.15, 0.2) is 48.5 Å². The van der Waals surface area contributed by atoms with Crippen LogP contribution >= 0.6 is 0 Å². The molecule has 0 radical (unpaired) electrons. The smallest absolute Gasteiger partial charge is 0.193 e. The maximum Gasteiger partial charge on any atom is 0.193 e. The average Bonchev–Trinajstić information content (AvgIpc) is 3.07. The van der Waals surface area contributed by atoms with Gasteiger partial charge in [-0.1, -0.05) is 0 Å². The summed E-state index contributed by atoms with van der Waals surface area (Å²) in [6.45, 7) is 1.34. The largest absolute Gasteiger partial charge is 0.491 e. The highest BCUT2D eigenvalue weighted by molar-refractivity contribution is 6.08. The summed E-state index contributed by atoms with van der Waals surface area (Å²) in [5, 5.41) is 0. The van der Waals surface area contributed by atoms with E-state index in [1.807, 2.05) is 0 Å². The minimum atomic E-state index is -0.352. The summed E-state index contributed by atoms with van der Waals surface area (Å²) in [5.74, 6) is 0.228. The molecule has 0 bridgehead atoms. The van der Waals surface area contributed by atoms with Gasteiger partial charge in [0.15, 0.2) is 5.78 Å². The van der Waals surface area contributed by atoms with Crippen molar-refractivity contribution in [3.05, 3.63) is 65.5 Å². The molecule has 1 saturated heterocycles. The van der Waals surface area contributed by atoms with Crippen molar-refractivity contribution >= 4 is 5.78 Å². The van der Waals surface area contributed by atoms with E-state index < -0.39 is 0 Å². The summed E-state index contributed by atoms with van der Waals surface area (Å²) < 4.78 is 24.0. The van der Waals surface area contributed by atoms with E-state index in [2.05, 4.69) is 0 Å². The van der Waals surface area contributed by atoms with E-state index in [0.717, 1.165) is 19.4 Å². The molecule has 4 heteroatoms. The molecule has 3 nitrogen and oxygen atoms in total.